The first-order valence-electron chi connectivity index (χ1n) is 7.18. The third kappa shape index (κ3) is 4.57. The minimum absolute atomic E-state index is 0.113. The van der Waals surface area contributed by atoms with Crippen LogP contribution in [0, 0.1) is 11.8 Å². The summed E-state index contributed by atoms with van der Waals surface area (Å²) in [7, 11) is 0. The van der Waals surface area contributed by atoms with Crippen LogP contribution in [0.3, 0.4) is 0 Å². The first kappa shape index (κ1) is 14.9. The van der Waals surface area contributed by atoms with E-state index in [1.54, 1.807) is 0 Å². The van der Waals surface area contributed by atoms with Gasteiger partial charge < -0.3 is 15.9 Å². The summed E-state index contributed by atoms with van der Waals surface area (Å²) in [5.41, 5.74) is 6.03. The van der Waals surface area contributed by atoms with Gasteiger partial charge in [0, 0.05) is 6.04 Å². The van der Waals surface area contributed by atoms with Gasteiger partial charge in [-0.2, -0.15) is 0 Å². The van der Waals surface area contributed by atoms with Gasteiger partial charge in [0.2, 0.25) is 0 Å². The first-order chi connectivity index (χ1) is 8.06. The molecule has 0 heterocycles. The van der Waals surface area contributed by atoms with E-state index in [0.29, 0.717) is 5.92 Å². The summed E-state index contributed by atoms with van der Waals surface area (Å²) in [5, 5.41) is 20.0. The lowest BCUT2D eigenvalue weighted by Crippen LogP contribution is -2.46. The van der Waals surface area contributed by atoms with Crippen molar-refractivity contribution in [2.75, 3.05) is 0 Å². The molecule has 0 radical (unpaired) electrons. The van der Waals surface area contributed by atoms with E-state index in [-0.39, 0.29) is 12.0 Å². The molecule has 1 aliphatic rings. The summed E-state index contributed by atoms with van der Waals surface area (Å²) in [6, 6.07) is -0.276. The van der Waals surface area contributed by atoms with Gasteiger partial charge in [-0.05, 0) is 18.3 Å². The number of hydrogen-bond donors (Lipinski definition) is 3. The van der Waals surface area contributed by atoms with Gasteiger partial charge in [0.05, 0.1) is 12.2 Å². The smallest absolute Gasteiger partial charge is 0.0952 e. The number of aliphatic hydroxyl groups is 2. The Morgan fingerprint density at radius 3 is 2.24 bits per heavy atom. The van der Waals surface area contributed by atoms with Gasteiger partial charge in [0.15, 0.2) is 0 Å². The molecule has 1 rings (SSSR count). The van der Waals surface area contributed by atoms with Crippen LogP contribution in [0.1, 0.15) is 58.8 Å². The van der Waals surface area contributed by atoms with E-state index in [1.807, 2.05) is 13.8 Å². The Labute approximate surface area is 105 Å². The molecule has 4 atom stereocenters. The molecule has 3 nitrogen and oxygen atoms in total. The highest BCUT2D eigenvalue weighted by Gasteiger charge is 2.29. The minimum Gasteiger partial charge on any atom is -0.390 e. The zero-order chi connectivity index (χ0) is 12.8. The van der Waals surface area contributed by atoms with Crippen molar-refractivity contribution in [3.8, 4) is 0 Å². The summed E-state index contributed by atoms with van der Waals surface area (Å²) < 4.78 is 0. The summed E-state index contributed by atoms with van der Waals surface area (Å²) in [5.74, 6) is 0.764. The van der Waals surface area contributed by atoms with Gasteiger partial charge >= 0.3 is 0 Å². The van der Waals surface area contributed by atoms with E-state index >= 15 is 0 Å². The molecular weight excluding hydrogens is 214 g/mol. The molecule has 0 bridgehead atoms. The SMILES string of the molecule is CCC(C)[C@H](O)[C@H](O)[C@@H](N)CC1CCCCC1. The lowest BCUT2D eigenvalue weighted by molar-refractivity contribution is -0.0305. The number of nitrogens with two attached hydrogens (primary N) is 1. The maximum absolute atomic E-state index is 10.0. The highest BCUT2D eigenvalue weighted by Crippen LogP contribution is 2.28. The predicted octanol–water partition coefficient (Wildman–Crippen LogP) is 2.05. The normalized spacial score (nSPS) is 25.2. The second kappa shape index (κ2) is 7.34. The van der Waals surface area contributed by atoms with Gasteiger partial charge in [-0.15, -0.1) is 0 Å². The lowest BCUT2D eigenvalue weighted by atomic mass is 9.82. The van der Waals surface area contributed by atoms with Gasteiger partial charge in [-0.25, -0.2) is 0 Å². The van der Waals surface area contributed by atoms with E-state index in [0.717, 1.165) is 12.8 Å². The van der Waals surface area contributed by atoms with E-state index < -0.39 is 12.2 Å². The Balaban J connectivity index is 2.37. The fourth-order valence-corrected chi connectivity index (χ4v) is 2.78. The highest BCUT2D eigenvalue weighted by atomic mass is 16.3. The molecule has 0 aromatic carbocycles. The maximum atomic E-state index is 10.0. The molecule has 1 saturated carbocycles. The van der Waals surface area contributed by atoms with E-state index in [4.69, 9.17) is 5.73 Å². The predicted molar refractivity (Wildman–Crippen MR) is 70.6 cm³/mol. The van der Waals surface area contributed by atoms with Gasteiger partial charge in [-0.1, -0.05) is 52.4 Å². The lowest BCUT2D eigenvalue weighted by Gasteiger charge is -2.31. The maximum Gasteiger partial charge on any atom is 0.0952 e. The average molecular weight is 243 g/mol. The third-order valence-electron chi connectivity index (χ3n) is 4.35. The molecule has 0 aromatic rings. The van der Waals surface area contributed by atoms with Crippen molar-refractivity contribution in [1.29, 1.82) is 0 Å². The van der Waals surface area contributed by atoms with Crippen LogP contribution in [0.15, 0.2) is 0 Å². The molecule has 0 aromatic heterocycles. The van der Waals surface area contributed by atoms with Crippen molar-refractivity contribution in [2.45, 2.75) is 77.0 Å². The minimum atomic E-state index is -0.771. The quantitative estimate of drug-likeness (QED) is 0.669. The molecule has 102 valence electrons. The number of hydrogen-bond acceptors (Lipinski definition) is 3. The summed E-state index contributed by atoms with van der Waals surface area (Å²) in [6.45, 7) is 3.98. The van der Waals surface area contributed by atoms with Crippen LogP contribution in [-0.2, 0) is 0 Å². The monoisotopic (exact) mass is 243 g/mol. The molecule has 4 N–H and O–H groups in total. The highest BCUT2D eigenvalue weighted by molar-refractivity contribution is 4.84. The molecule has 0 aliphatic heterocycles. The van der Waals surface area contributed by atoms with Gasteiger partial charge in [-0.3, -0.25) is 0 Å². The van der Waals surface area contributed by atoms with Crippen LogP contribution in [0.5, 0.6) is 0 Å². The summed E-state index contributed by atoms with van der Waals surface area (Å²) >= 11 is 0. The summed E-state index contributed by atoms with van der Waals surface area (Å²) in [6.07, 6.45) is 6.67. The molecule has 3 heteroatoms. The molecular formula is C14H29NO2. The average Bonchev–Trinajstić information content (AvgIpc) is 2.37. The first-order valence-corrected chi connectivity index (χ1v) is 7.18. The van der Waals surface area contributed by atoms with Crippen molar-refractivity contribution < 1.29 is 10.2 Å². The standard InChI is InChI=1S/C14H29NO2/c1-3-10(2)13(16)14(17)12(15)9-11-7-5-4-6-8-11/h10-14,16-17H,3-9,15H2,1-2H3/t10?,12-,13-,14+/m0/s1. The fourth-order valence-electron chi connectivity index (χ4n) is 2.78. The fraction of sp³-hybridized carbons (Fsp3) is 1.00. The molecule has 17 heavy (non-hydrogen) atoms. The van der Waals surface area contributed by atoms with Crippen LogP contribution in [0.2, 0.25) is 0 Å². The van der Waals surface area contributed by atoms with Crippen molar-refractivity contribution >= 4 is 0 Å². The molecule has 1 unspecified atom stereocenters. The second-order valence-electron chi connectivity index (χ2n) is 5.77. The zero-order valence-electron chi connectivity index (χ0n) is 11.3. The Morgan fingerprint density at radius 1 is 1.12 bits per heavy atom. The van der Waals surface area contributed by atoms with Crippen molar-refractivity contribution in [3.05, 3.63) is 0 Å². The molecule has 0 spiro atoms. The van der Waals surface area contributed by atoms with Crippen molar-refractivity contribution in [1.82, 2.24) is 0 Å². The van der Waals surface area contributed by atoms with Crippen LogP contribution < -0.4 is 5.73 Å². The molecule has 0 saturated heterocycles. The largest absolute Gasteiger partial charge is 0.390 e. The Hall–Kier alpha value is -0.120. The molecule has 0 amide bonds. The zero-order valence-corrected chi connectivity index (χ0v) is 11.3. The van der Waals surface area contributed by atoms with Gasteiger partial charge in [0.1, 0.15) is 0 Å². The number of aliphatic hydroxyl groups excluding tert-OH is 2. The Kier molecular flexibility index (Phi) is 6.45. The Bertz CT molecular complexity index is 204. The molecule has 1 aliphatic carbocycles. The topological polar surface area (TPSA) is 66.5 Å². The van der Waals surface area contributed by atoms with Crippen LogP contribution in [-0.4, -0.2) is 28.5 Å². The molecule has 1 fully saturated rings. The number of rotatable bonds is 6. The van der Waals surface area contributed by atoms with E-state index in [2.05, 4.69) is 0 Å². The van der Waals surface area contributed by atoms with Crippen molar-refractivity contribution in [3.63, 3.8) is 0 Å². The van der Waals surface area contributed by atoms with Crippen LogP contribution in [0.4, 0.5) is 0 Å². The second-order valence-corrected chi connectivity index (χ2v) is 5.77. The van der Waals surface area contributed by atoms with E-state index in [1.165, 1.54) is 32.1 Å². The third-order valence-corrected chi connectivity index (χ3v) is 4.35. The van der Waals surface area contributed by atoms with E-state index in [9.17, 15) is 10.2 Å². The van der Waals surface area contributed by atoms with Crippen LogP contribution >= 0.6 is 0 Å². The van der Waals surface area contributed by atoms with Gasteiger partial charge in [0.25, 0.3) is 0 Å². The van der Waals surface area contributed by atoms with Crippen molar-refractivity contribution in [2.24, 2.45) is 17.6 Å². The Morgan fingerprint density at radius 2 is 1.71 bits per heavy atom. The van der Waals surface area contributed by atoms with Crippen LogP contribution in [0.25, 0.3) is 0 Å². The summed E-state index contributed by atoms with van der Waals surface area (Å²) in [4.78, 5) is 0.